The summed E-state index contributed by atoms with van der Waals surface area (Å²) in [5.74, 6) is 0. The summed E-state index contributed by atoms with van der Waals surface area (Å²) >= 11 is 17.0. The molecule has 1 heterocycles. The van der Waals surface area contributed by atoms with E-state index in [2.05, 4.69) is 177 Å². The fraction of sp³-hybridized carbons (Fsp3) is 0.556. The monoisotopic (exact) mass is 1310 g/mol. The molecule has 0 aromatic heterocycles. The van der Waals surface area contributed by atoms with E-state index in [0.29, 0.717) is 19.3 Å². The minimum Gasteiger partial charge on any atom is -0.392 e. The molecule has 236 valence electrons. The zero-order valence-electron chi connectivity index (χ0n) is 23.5. The summed E-state index contributed by atoms with van der Waals surface area (Å²) in [5, 5.41) is 9.68. The molecular formula is C27H37BrI6O7. The van der Waals surface area contributed by atoms with E-state index in [0.717, 1.165) is 21.1 Å². The Kier molecular flexibility index (Phi) is 29.0. The highest BCUT2D eigenvalue weighted by Crippen LogP contribution is 2.24. The van der Waals surface area contributed by atoms with Gasteiger partial charge in [-0.15, -0.1) is 0 Å². The first-order valence-corrected chi connectivity index (χ1v) is 19.8. The van der Waals surface area contributed by atoms with Crippen LogP contribution in [0.1, 0.15) is 30.9 Å². The van der Waals surface area contributed by atoms with Crippen LogP contribution >= 0.6 is 151 Å². The lowest BCUT2D eigenvalue weighted by Gasteiger charge is -2.14. The number of methoxy groups -OCH3 is 4. The second-order valence-corrected chi connectivity index (χ2v) is 15.8. The molecule has 3 rings (SSSR count). The van der Waals surface area contributed by atoms with E-state index < -0.39 is 0 Å². The quantitative estimate of drug-likeness (QED) is 0.110. The summed E-state index contributed by atoms with van der Waals surface area (Å²) in [6.45, 7) is 4.25. The van der Waals surface area contributed by atoms with Crippen LogP contribution in [0.2, 0.25) is 0 Å². The van der Waals surface area contributed by atoms with Gasteiger partial charge in [-0.2, -0.15) is 0 Å². The second kappa shape index (κ2) is 27.0. The summed E-state index contributed by atoms with van der Waals surface area (Å²) in [6.07, 6.45) is 2.68. The molecule has 0 spiro atoms. The number of aliphatic hydroxyl groups excluding tert-OH is 1. The number of aliphatic hydroxyl groups is 1. The highest BCUT2D eigenvalue weighted by atomic mass is 127. The highest BCUT2D eigenvalue weighted by Gasteiger charge is 2.09. The summed E-state index contributed by atoms with van der Waals surface area (Å²) in [6, 6.07) is 8.39. The minimum absolute atomic E-state index is 0.0972. The third-order valence-electron chi connectivity index (χ3n) is 5.15. The Hall–Kier alpha value is 3.02. The van der Waals surface area contributed by atoms with Crippen molar-refractivity contribution in [1.82, 2.24) is 0 Å². The van der Waals surface area contributed by atoms with Gasteiger partial charge in [0.05, 0.1) is 31.3 Å². The van der Waals surface area contributed by atoms with Crippen LogP contribution in [0.25, 0.3) is 0 Å². The molecule has 7 nitrogen and oxygen atoms in total. The normalized spacial score (nSPS) is 14.2. The third-order valence-corrected chi connectivity index (χ3v) is 13.2. The van der Waals surface area contributed by atoms with Gasteiger partial charge >= 0.3 is 0 Å². The van der Waals surface area contributed by atoms with E-state index in [1.54, 1.807) is 28.4 Å². The van der Waals surface area contributed by atoms with E-state index in [9.17, 15) is 0 Å². The largest absolute Gasteiger partial charge is 0.392 e. The first kappa shape index (κ1) is 44.0. The zero-order chi connectivity index (χ0) is 31.4. The number of hydrogen-bond donors (Lipinski definition) is 1. The lowest BCUT2D eigenvalue weighted by atomic mass is 10.2. The van der Waals surface area contributed by atoms with Crippen molar-refractivity contribution in [3.8, 4) is 0 Å². The summed E-state index contributed by atoms with van der Waals surface area (Å²) in [4.78, 5) is 0. The van der Waals surface area contributed by atoms with E-state index in [-0.39, 0.29) is 19.2 Å². The number of hydrogen-bond acceptors (Lipinski definition) is 7. The maximum atomic E-state index is 8.96. The molecule has 0 saturated carbocycles. The molecule has 1 N–H and O–H groups in total. The lowest BCUT2D eigenvalue weighted by molar-refractivity contribution is -0.142. The molecule has 41 heavy (non-hydrogen) atoms. The van der Waals surface area contributed by atoms with Gasteiger partial charge in [0.15, 0.2) is 12.6 Å². The SMILES string of the molecule is CC1CCCO1.COC(CBr)OC.COC(COCc1cc(I)cc(I)c1I)OC.OCc1cc(I)cc(I)c1I. The van der Waals surface area contributed by atoms with Crippen LogP contribution in [0.3, 0.4) is 0 Å². The predicted octanol–water partition coefficient (Wildman–Crippen LogP) is 8.81. The van der Waals surface area contributed by atoms with Crippen LogP contribution in [0.15, 0.2) is 24.3 Å². The van der Waals surface area contributed by atoms with Gasteiger partial charge in [0.1, 0.15) is 0 Å². The Morgan fingerprint density at radius 1 is 0.829 bits per heavy atom. The molecule has 2 aromatic rings. The fourth-order valence-corrected chi connectivity index (χ4v) is 8.30. The second-order valence-electron chi connectivity index (χ2n) is 8.17. The molecule has 1 aliphatic rings. The van der Waals surface area contributed by atoms with Gasteiger partial charge in [0, 0.05) is 56.5 Å². The average molecular weight is 1310 g/mol. The van der Waals surface area contributed by atoms with E-state index in [1.165, 1.54) is 36.3 Å². The maximum absolute atomic E-state index is 8.96. The minimum atomic E-state index is -0.297. The standard InChI is InChI=1S/C11H13I3O3.C7H5I3O.C5H10O.C4H9BrO2/c1-15-10(16-2)6-17-5-7-3-8(12)4-9(13)11(7)14;8-5-1-4(3-11)7(10)6(9)2-5;1-5-3-2-4-6-5;1-6-4(3-5)7-2/h3-4,10H,5-6H2,1-2H3;1-2,11H,3H2;5H,2-4H2,1H3;4H,3H2,1-2H3. The van der Waals surface area contributed by atoms with Gasteiger partial charge in [0.25, 0.3) is 0 Å². The predicted molar refractivity (Wildman–Crippen MR) is 219 cm³/mol. The molecular weight excluding hydrogens is 1280 g/mol. The van der Waals surface area contributed by atoms with Crippen LogP contribution in [0.4, 0.5) is 0 Å². The highest BCUT2D eigenvalue weighted by molar-refractivity contribution is 14.1. The fourth-order valence-electron chi connectivity index (χ4n) is 2.90. The molecule has 0 amide bonds. The van der Waals surface area contributed by atoms with Crippen LogP contribution < -0.4 is 0 Å². The molecule has 1 unspecified atom stereocenters. The molecule has 1 saturated heterocycles. The first-order valence-electron chi connectivity index (χ1n) is 12.2. The number of benzene rings is 2. The van der Waals surface area contributed by atoms with Crippen molar-refractivity contribution >= 4 is 151 Å². The molecule has 1 aliphatic heterocycles. The molecule has 1 fully saturated rings. The van der Waals surface area contributed by atoms with Crippen molar-refractivity contribution in [1.29, 1.82) is 0 Å². The van der Waals surface area contributed by atoms with Crippen LogP contribution in [0, 0.1) is 21.4 Å². The lowest BCUT2D eigenvalue weighted by Crippen LogP contribution is -2.20. The molecule has 0 radical (unpaired) electrons. The molecule has 14 heteroatoms. The smallest absolute Gasteiger partial charge is 0.180 e. The Bertz CT molecular complexity index is 970. The summed E-state index contributed by atoms with van der Waals surface area (Å²) < 4.78 is 37.7. The first-order chi connectivity index (χ1) is 19.5. The topological polar surface area (TPSA) is 75.6 Å². The van der Waals surface area contributed by atoms with Crippen molar-refractivity contribution in [2.45, 2.75) is 51.7 Å². The van der Waals surface area contributed by atoms with Gasteiger partial charge in [-0.1, -0.05) is 15.9 Å². The number of halogens is 7. The number of ether oxygens (including phenoxy) is 6. The van der Waals surface area contributed by atoms with Crippen LogP contribution in [-0.2, 0) is 41.6 Å². The van der Waals surface area contributed by atoms with Crippen molar-refractivity contribution in [3.63, 3.8) is 0 Å². The van der Waals surface area contributed by atoms with E-state index in [4.69, 9.17) is 33.5 Å². The van der Waals surface area contributed by atoms with Crippen molar-refractivity contribution in [3.05, 3.63) is 56.8 Å². The molecule has 2 aromatic carbocycles. The Morgan fingerprint density at radius 2 is 1.32 bits per heavy atom. The van der Waals surface area contributed by atoms with Gasteiger partial charge in [-0.25, -0.2) is 0 Å². The third kappa shape index (κ3) is 20.1. The molecule has 1 atom stereocenters. The summed E-state index contributed by atoms with van der Waals surface area (Å²) in [7, 11) is 6.43. The molecule has 0 bridgehead atoms. The number of rotatable bonds is 10. The van der Waals surface area contributed by atoms with Crippen molar-refractivity contribution in [2.75, 3.05) is 47.0 Å². The van der Waals surface area contributed by atoms with Crippen molar-refractivity contribution < 1.29 is 33.5 Å². The Balaban J connectivity index is 0.000000569. The van der Waals surface area contributed by atoms with Gasteiger partial charge in [-0.05, 0) is 191 Å². The van der Waals surface area contributed by atoms with Gasteiger partial charge in [0.2, 0.25) is 0 Å². The van der Waals surface area contributed by atoms with Gasteiger partial charge < -0.3 is 33.5 Å². The van der Waals surface area contributed by atoms with Crippen molar-refractivity contribution in [2.24, 2.45) is 0 Å². The summed E-state index contributed by atoms with van der Waals surface area (Å²) in [5.41, 5.74) is 2.22. The average Bonchev–Trinajstić information content (AvgIpc) is 3.44. The van der Waals surface area contributed by atoms with E-state index >= 15 is 0 Å². The van der Waals surface area contributed by atoms with Gasteiger partial charge in [-0.3, -0.25) is 0 Å². The zero-order valence-corrected chi connectivity index (χ0v) is 38.1. The van der Waals surface area contributed by atoms with E-state index in [1.807, 2.05) is 6.07 Å². The Morgan fingerprint density at radius 3 is 1.66 bits per heavy atom. The maximum Gasteiger partial charge on any atom is 0.180 e. The number of alkyl halides is 1. The van der Waals surface area contributed by atoms with Crippen LogP contribution in [0.5, 0.6) is 0 Å². The Labute approximate surface area is 335 Å². The van der Waals surface area contributed by atoms with Crippen LogP contribution in [-0.4, -0.2) is 70.8 Å². The molecule has 0 aliphatic carbocycles.